The van der Waals surface area contributed by atoms with Gasteiger partial charge >= 0.3 is 0 Å². The van der Waals surface area contributed by atoms with Crippen LogP contribution in [0.5, 0.6) is 5.75 Å². The van der Waals surface area contributed by atoms with Gasteiger partial charge in [-0.2, -0.15) is 0 Å². The molecule has 2 aliphatic heterocycles. The average Bonchev–Trinajstić information content (AvgIpc) is 2.68. The van der Waals surface area contributed by atoms with E-state index in [9.17, 15) is 9.59 Å². The van der Waals surface area contributed by atoms with Gasteiger partial charge in [-0.1, -0.05) is 33.8 Å². The molecule has 0 bridgehead atoms. The normalized spacial score (nSPS) is 18.3. The lowest BCUT2D eigenvalue weighted by molar-refractivity contribution is -0.125. The number of hydrogen-bond acceptors (Lipinski definition) is 4. The minimum Gasteiger partial charge on any atom is -0.482 e. The smallest absolute Gasteiger partial charge is 0.265 e. The predicted molar refractivity (Wildman–Crippen MR) is 115 cm³/mol. The quantitative estimate of drug-likeness (QED) is 0.745. The van der Waals surface area contributed by atoms with Gasteiger partial charge in [0.25, 0.3) is 5.91 Å². The van der Waals surface area contributed by atoms with E-state index in [4.69, 9.17) is 4.74 Å². The molecular formula is C23H35N3O3. The summed E-state index contributed by atoms with van der Waals surface area (Å²) in [6.45, 7) is 12.7. The lowest BCUT2D eigenvalue weighted by Crippen LogP contribution is -2.45. The van der Waals surface area contributed by atoms with Crippen molar-refractivity contribution >= 4 is 17.5 Å². The summed E-state index contributed by atoms with van der Waals surface area (Å²) >= 11 is 0. The summed E-state index contributed by atoms with van der Waals surface area (Å²) in [7, 11) is 0. The van der Waals surface area contributed by atoms with Crippen molar-refractivity contribution in [2.75, 3.05) is 44.2 Å². The van der Waals surface area contributed by atoms with Crippen LogP contribution in [0.25, 0.3) is 0 Å². The van der Waals surface area contributed by atoms with Crippen molar-refractivity contribution in [1.29, 1.82) is 0 Å². The van der Waals surface area contributed by atoms with E-state index in [1.54, 1.807) is 4.90 Å². The monoisotopic (exact) mass is 401 g/mol. The summed E-state index contributed by atoms with van der Waals surface area (Å²) in [5.74, 6) is 1.18. The minimum absolute atomic E-state index is 0.0253. The summed E-state index contributed by atoms with van der Waals surface area (Å²) in [5, 5.41) is 2.97. The van der Waals surface area contributed by atoms with E-state index in [1.165, 1.54) is 12.8 Å². The molecule has 1 fully saturated rings. The lowest BCUT2D eigenvalue weighted by atomic mass is 9.86. The van der Waals surface area contributed by atoms with Crippen LogP contribution in [0.2, 0.25) is 0 Å². The molecule has 6 heteroatoms. The van der Waals surface area contributed by atoms with Crippen LogP contribution >= 0.6 is 0 Å². The summed E-state index contributed by atoms with van der Waals surface area (Å²) < 4.78 is 5.56. The van der Waals surface area contributed by atoms with Crippen LogP contribution in [0, 0.1) is 5.92 Å². The predicted octanol–water partition coefficient (Wildman–Crippen LogP) is 2.95. The SMILES string of the molecule is CC1CCN(CCCNC(=O)CN2C(=O)COc3ccc(C(C)(C)C)cc32)CC1. The first-order valence-electron chi connectivity index (χ1n) is 10.8. The molecule has 2 amide bonds. The number of carbonyl (C=O) groups excluding carboxylic acids is 2. The first kappa shape index (κ1) is 21.6. The molecule has 0 unspecified atom stereocenters. The fourth-order valence-electron chi connectivity index (χ4n) is 3.86. The van der Waals surface area contributed by atoms with Gasteiger partial charge in [0.15, 0.2) is 6.61 Å². The zero-order valence-electron chi connectivity index (χ0n) is 18.3. The van der Waals surface area contributed by atoms with E-state index < -0.39 is 0 Å². The van der Waals surface area contributed by atoms with E-state index in [-0.39, 0.29) is 30.4 Å². The van der Waals surface area contributed by atoms with E-state index >= 15 is 0 Å². The molecule has 0 spiro atoms. The maximum atomic E-state index is 12.5. The van der Waals surface area contributed by atoms with Crippen molar-refractivity contribution in [2.45, 2.75) is 52.4 Å². The van der Waals surface area contributed by atoms with Crippen molar-refractivity contribution in [3.63, 3.8) is 0 Å². The number of hydrogen-bond donors (Lipinski definition) is 1. The Bertz CT molecular complexity index is 733. The molecule has 0 aromatic heterocycles. The molecule has 6 nitrogen and oxygen atoms in total. The van der Waals surface area contributed by atoms with Gasteiger partial charge in [0, 0.05) is 6.54 Å². The first-order chi connectivity index (χ1) is 13.7. The van der Waals surface area contributed by atoms with Gasteiger partial charge in [-0.15, -0.1) is 0 Å². The highest BCUT2D eigenvalue weighted by Gasteiger charge is 2.29. The third kappa shape index (κ3) is 5.72. The number of amides is 2. The molecular weight excluding hydrogens is 366 g/mol. The maximum Gasteiger partial charge on any atom is 0.265 e. The zero-order valence-corrected chi connectivity index (χ0v) is 18.3. The molecule has 0 atom stereocenters. The molecule has 1 aromatic rings. The van der Waals surface area contributed by atoms with Crippen LogP contribution in [0.3, 0.4) is 0 Å². The third-order valence-electron chi connectivity index (χ3n) is 5.92. The average molecular weight is 402 g/mol. The van der Waals surface area contributed by atoms with Gasteiger partial charge in [0.05, 0.1) is 5.69 Å². The van der Waals surface area contributed by atoms with Crippen molar-refractivity contribution in [3.8, 4) is 5.75 Å². The highest BCUT2D eigenvalue weighted by molar-refractivity contribution is 6.02. The van der Waals surface area contributed by atoms with Crippen molar-refractivity contribution < 1.29 is 14.3 Å². The van der Waals surface area contributed by atoms with Crippen LogP contribution < -0.4 is 15.0 Å². The van der Waals surface area contributed by atoms with Gasteiger partial charge in [-0.3, -0.25) is 14.5 Å². The molecule has 2 heterocycles. The van der Waals surface area contributed by atoms with Crippen molar-refractivity contribution in [2.24, 2.45) is 5.92 Å². The second-order valence-electron chi connectivity index (χ2n) is 9.43. The van der Waals surface area contributed by atoms with E-state index in [0.29, 0.717) is 18.0 Å². The zero-order chi connectivity index (χ0) is 21.0. The number of nitrogens with one attached hydrogen (secondary N) is 1. The Morgan fingerprint density at radius 3 is 2.66 bits per heavy atom. The van der Waals surface area contributed by atoms with Crippen LogP contribution in [-0.2, 0) is 15.0 Å². The van der Waals surface area contributed by atoms with Crippen LogP contribution in [0.4, 0.5) is 5.69 Å². The Kier molecular flexibility index (Phi) is 6.83. The van der Waals surface area contributed by atoms with E-state index in [2.05, 4.69) is 37.9 Å². The molecule has 160 valence electrons. The summed E-state index contributed by atoms with van der Waals surface area (Å²) in [4.78, 5) is 28.9. The van der Waals surface area contributed by atoms with Crippen molar-refractivity contribution in [1.82, 2.24) is 10.2 Å². The minimum atomic E-state index is -0.179. The van der Waals surface area contributed by atoms with Gasteiger partial charge in [0.1, 0.15) is 12.3 Å². The van der Waals surface area contributed by atoms with Gasteiger partial charge in [-0.25, -0.2) is 0 Å². The molecule has 1 saturated heterocycles. The molecule has 0 aliphatic carbocycles. The Hall–Kier alpha value is -2.08. The fourth-order valence-corrected chi connectivity index (χ4v) is 3.86. The molecule has 1 aromatic carbocycles. The standard InChI is InChI=1S/C23H35N3O3/c1-17-8-12-25(13-9-17)11-5-10-24-21(27)15-26-19-14-18(23(2,3)4)6-7-20(19)29-16-22(26)28/h6-7,14,17H,5,8-13,15-16H2,1-4H3,(H,24,27). The Balaban J connectivity index is 1.53. The number of nitrogens with zero attached hydrogens (tertiary/aromatic N) is 2. The topological polar surface area (TPSA) is 61.9 Å². The summed E-state index contributed by atoms with van der Waals surface area (Å²) in [5.41, 5.74) is 1.75. The second kappa shape index (κ2) is 9.16. The van der Waals surface area contributed by atoms with E-state index in [1.807, 2.05) is 18.2 Å². The number of ether oxygens (including phenoxy) is 1. The number of anilines is 1. The lowest BCUT2D eigenvalue weighted by Gasteiger charge is -2.31. The highest BCUT2D eigenvalue weighted by Crippen LogP contribution is 2.36. The van der Waals surface area contributed by atoms with E-state index in [0.717, 1.165) is 37.5 Å². The Morgan fingerprint density at radius 1 is 1.24 bits per heavy atom. The van der Waals surface area contributed by atoms with Crippen LogP contribution in [-0.4, -0.2) is 56.0 Å². The molecule has 29 heavy (non-hydrogen) atoms. The molecule has 3 rings (SSSR count). The molecule has 1 N–H and O–H groups in total. The fraction of sp³-hybridized carbons (Fsp3) is 0.652. The number of rotatable bonds is 6. The Morgan fingerprint density at radius 2 is 1.97 bits per heavy atom. The van der Waals surface area contributed by atoms with Gasteiger partial charge in [0.2, 0.25) is 5.91 Å². The van der Waals surface area contributed by atoms with Crippen LogP contribution in [0.1, 0.15) is 52.5 Å². The molecule has 0 radical (unpaired) electrons. The number of carbonyl (C=O) groups is 2. The number of likely N-dealkylation sites (tertiary alicyclic amines) is 1. The molecule has 2 aliphatic rings. The summed E-state index contributed by atoms with van der Waals surface area (Å²) in [6.07, 6.45) is 3.46. The van der Waals surface area contributed by atoms with Gasteiger partial charge < -0.3 is 15.0 Å². The number of benzene rings is 1. The molecule has 0 saturated carbocycles. The maximum absolute atomic E-state index is 12.5. The third-order valence-corrected chi connectivity index (χ3v) is 5.92. The van der Waals surface area contributed by atoms with Crippen LogP contribution in [0.15, 0.2) is 18.2 Å². The largest absolute Gasteiger partial charge is 0.482 e. The number of piperidine rings is 1. The number of fused-ring (bicyclic) bond motifs is 1. The van der Waals surface area contributed by atoms with Crippen molar-refractivity contribution in [3.05, 3.63) is 23.8 Å². The van der Waals surface area contributed by atoms with Gasteiger partial charge in [-0.05, 0) is 67.9 Å². The summed E-state index contributed by atoms with van der Waals surface area (Å²) in [6, 6.07) is 5.89. The second-order valence-corrected chi connectivity index (χ2v) is 9.43. The highest BCUT2D eigenvalue weighted by atomic mass is 16.5. The first-order valence-corrected chi connectivity index (χ1v) is 10.8. The Labute approximate surface area is 174 Å².